The smallest absolute Gasteiger partial charge is 0.336 e. The van der Waals surface area contributed by atoms with Crippen LogP contribution >= 0.6 is 0 Å². The maximum atomic E-state index is 11.6. The first kappa shape index (κ1) is 14.0. The Balaban J connectivity index is 2.24. The predicted molar refractivity (Wildman–Crippen MR) is 80.6 cm³/mol. The second-order valence-electron chi connectivity index (χ2n) is 7.01. The van der Waals surface area contributed by atoms with E-state index >= 15 is 0 Å². The van der Waals surface area contributed by atoms with Crippen LogP contribution < -0.4 is 0 Å². The maximum absolute atomic E-state index is 11.6. The summed E-state index contributed by atoms with van der Waals surface area (Å²) in [5.74, 6) is -0.284. The van der Waals surface area contributed by atoms with Crippen LogP contribution in [0.15, 0.2) is 12.3 Å². The molecule has 21 heavy (non-hydrogen) atoms. The molecule has 112 valence electrons. The topological polar surface area (TPSA) is 68.0 Å². The Labute approximate surface area is 124 Å². The average Bonchev–Trinajstić information content (AvgIpc) is 3.15. The van der Waals surface area contributed by atoms with Crippen molar-refractivity contribution in [3.8, 4) is 0 Å². The van der Waals surface area contributed by atoms with Gasteiger partial charge in [-0.15, -0.1) is 0 Å². The SMILES string of the molecule is CC(C1CC1)n1ncc2c(C(=O)O)cc(C(C)(C)C)nc21. The van der Waals surface area contributed by atoms with Gasteiger partial charge in [-0.3, -0.25) is 0 Å². The zero-order chi connectivity index (χ0) is 15.4. The van der Waals surface area contributed by atoms with E-state index in [2.05, 4.69) is 12.0 Å². The van der Waals surface area contributed by atoms with Crippen LogP contribution in [0.25, 0.3) is 11.0 Å². The molecular formula is C16H21N3O2. The number of aromatic nitrogens is 3. The molecule has 0 aromatic carbocycles. The monoisotopic (exact) mass is 287 g/mol. The number of nitrogens with zero attached hydrogens (tertiary/aromatic N) is 3. The van der Waals surface area contributed by atoms with Crippen LogP contribution in [0, 0.1) is 5.92 Å². The standard InChI is InChI=1S/C16H21N3O2/c1-9(10-5-6-10)19-14-12(8-17-19)11(15(20)21)7-13(18-14)16(2,3)4/h7-10H,5-6H2,1-4H3,(H,20,21). The summed E-state index contributed by atoms with van der Waals surface area (Å²) < 4.78 is 1.90. The fourth-order valence-corrected chi connectivity index (χ4v) is 2.66. The lowest BCUT2D eigenvalue weighted by molar-refractivity contribution is 0.0698. The highest BCUT2D eigenvalue weighted by atomic mass is 16.4. The van der Waals surface area contributed by atoms with Gasteiger partial charge in [-0.05, 0) is 31.7 Å². The van der Waals surface area contributed by atoms with Crippen LogP contribution in [0.2, 0.25) is 0 Å². The van der Waals surface area contributed by atoms with Crippen molar-refractivity contribution in [2.24, 2.45) is 5.92 Å². The van der Waals surface area contributed by atoms with Gasteiger partial charge >= 0.3 is 5.97 Å². The van der Waals surface area contributed by atoms with Crippen LogP contribution in [0.1, 0.15) is 62.6 Å². The second-order valence-corrected chi connectivity index (χ2v) is 7.01. The molecule has 0 bridgehead atoms. The Morgan fingerprint density at radius 3 is 2.62 bits per heavy atom. The van der Waals surface area contributed by atoms with E-state index in [4.69, 9.17) is 4.98 Å². The van der Waals surface area contributed by atoms with Crippen molar-refractivity contribution in [3.63, 3.8) is 0 Å². The fraction of sp³-hybridized carbons (Fsp3) is 0.562. The summed E-state index contributed by atoms with van der Waals surface area (Å²) in [5, 5.41) is 14.5. The van der Waals surface area contributed by atoms with Crippen LogP contribution in [-0.2, 0) is 5.41 Å². The quantitative estimate of drug-likeness (QED) is 0.939. The number of carboxylic acid groups (broad SMARTS) is 1. The number of pyridine rings is 1. The minimum Gasteiger partial charge on any atom is -0.478 e. The first-order chi connectivity index (χ1) is 9.79. The number of hydrogen-bond donors (Lipinski definition) is 1. The van der Waals surface area contributed by atoms with E-state index in [1.807, 2.05) is 25.5 Å². The summed E-state index contributed by atoms with van der Waals surface area (Å²) in [6.07, 6.45) is 4.07. The molecule has 1 atom stereocenters. The number of carbonyl (C=O) groups is 1. The molecule has 0 spiro atoms. The maximum Gasteiger partial charge on any atom is 0.336 e. The van der Waals surface area contributed by atoms with Gasteiger partial charge < -0.3 is 5.11 Å². The van der Waals surface area contributed by atoms with E-state index in [1.165, 1.54) is 12.8 Å². The zero-order valence-electron chi connectivity index (χ0n) is 12.9. The van der Waals surface area contributed by atoms with E-state index in [0.29, 0.717) is 22.5 Å². The molecule has 0 saturated heterocycles. The molecule has 2 heterocycles. The molecule has 2 aromatic rings. The van der Waals surface area contributed by atoms with Gasteiger partial charge in [0.2, 0.25) is 0 Å². The number of hydrogen-bond acceptors (Lipinski definition) is 3. The Kier molecular flexibility index (Phi) is 3.04. The Morgan fingerprint density at radius 1 is 1.43 bits per heavy atom. The number of fused-ring (bicyclic) bond motifs is 1. The molecule has 2 aromatic heterocycles. The first-order valence-electron chi connectivity index (χ1n) is 7.41. The molecule has 1 unspecified atom stereocenters. The van der Waals surface area contributed by atoms with Crippen molar-refractivity contribution in [1.29, 1.82) is 0 Å². The minimum atomic E-state index is -0.925. The normalized spacial score (nSPS) is 17.1. The highest BCUT2D eigenvalue weighted by Gasteiger charge is 2.31. The van der Waals surface area contributed by atoms with Crippen LogP contribution in [-0.4, -0.2) is 25.8 Å². The first-order valence-corrected chi connectivity index (χ1v) is 7.41. The van der Waals surface area contributed by atoms with E-state index in [0.717, 1.165) is 5.69 Å². The number of carboxylic acids is 1. The van der Waals surface area contributed by atoms with Gasteiger partial charge in [0.25, 0.3) is 0 Å². The molecular weight excluding hydrogens is 266 g/mol. The average molecular weight is 287 g/mol. The summed E-state index contributed by atoms with van der Waals surface area (Å²) in [5.41, 5.74) is 1.58. The van der Waals surface area contributed by atoms with E-state index in [9.17, 15) is 9.90 Å². The molecule has 1 aliphatic carbocycles. The van der Waals surface area contributed by atoms with Crippen molar-refractivity contribution in [2.75, 3.05) is 0 Å². The summed E-state index contributed by atoms with van der Waals surface area (Å²) in [6, 6.07) is 1.95. The van der Waals surface area contributed by atoms with Crippen molar-refractivity contribution >= 4 is 17.0 Å². The summed E-state index contributed by atoms with van der Waals surface area (Å²) in [7, 11) is 0. The van der Waals surface area contributed by atoms with Crippen molar-refractivity contribution in [1.82, 2.24) is 14.8 Å². The molecule has 1 fully saturated rings. The Hall–Kier alpha value is -1.91. The van der Waals surface area contributed by atoms with Crippen LogP contribution in [0.5, 0.6) is 0 Å². The summed E-state index contributed by atoms with van der Waals surface area (Å²) in [4.78, 5) is 16.3. The van der Waals surface area contributed by atoms with Crippen molar-refractivity contribution in [3.05, 3.63) is 23.5 Å². The lowest BCUT2D eigenvalue weighted by atomic mass is 9.90. The second kappa shape index (κ2) is 4.55. The van der Waals surface area contributed by atoms with Crippen LogP contribution in [0.4, 0.5) is 0 Å². The van der Waals surface area contributed by atoms with Crippen LogP contribution in [0.3, 0.4) is 0 Å². The Bertz CT molecular complexity index is 708. The van der Waals surface area contributed by atoms with E-state index in [1.54, 1.807) is 12.3 Å². The lowest BCUT2D eigenvalue weighted by Gasteiger charge is -2.19. The molecule has 0 amide bonds. The third-order valence-corrected chi connectivity index (χ3v) is 4.26. The van der Waals surface area contributed by atoms with E-state index in [-0.39, 0.29) is 11.5 Å². The fourth-order valence-electron chi connectivity index (χ4n) is 2.66. The highest BCUT2D eigenvalue weighted by Crippen LogP contribution is 2.40. The van der Waals surface area contributed by atoms with E-state index < -0.39 is 5.97 Å². The highest BCUT2D eigenvalue weighted by molar-refractivity contribution is 6.01. The molecule has 5 heteroatoms. The van der Waals surface area contributed by atoms with Crippen molar-refractivity contribution < 1.29 is 9.90 Å². The van der Waals surface area contributed by atoms with Gasteiger partial charge in [0.1, 0.15) is 0 Å². The third-order valence-electron chi connectivity index (χ3n) is 4.26. The molecule has 0 radical (unpaired) electrons. The van der Waals surface area contributed by atoms with Gasteiger partial charge in [-0.2, -0.15) is 5.10 Å². The predicted octanol–water partition coefficient (Wildman–Crippen LogP) is 3.40. The lowest BCUT2D eigenvalue weighted by Crippen LogP contribution is -2.17. The number of rotatable bonds is 3. The molecule has 1 aliphatic rings. The van der Waals surface area contributed by atoms with Gasteiger partial charge in [-0.1, -0.05) is 20.8 Å². The van der Waals surface area contributed by atoms with Gasteiger partial charge in [0.05, 0.1) is 23.2 Å². The van der Waals surface area contributed by atoms with Gasteiger partial charge in [-0.25, -0.2) is 14.5 Å². The number of aromatic carboxylic acids is 1. The minimum absolute atomic E-state index is 0.198. The zero-order valence-corrected chi connectivity index (χ0v) is 12.9. The molecule has 1 N–H and O–H groups in total. The molecule has 1 saturated carbocycles. The third kappa shape index (κ3) is 2.41. The Morgan fingerprint density at radius 2 is 2.10 bits per heavy atom. The largest absolute Gasteiger partial charge is 0.478 e. The summed E-state index contributed by atoms with van der Waals surface area (Å²) >= 11 is 0. The van der Waals surface area contributed by atoms with Gasteiger partial charge in [0, 0.05) is 11.1 Å². The van der Waals surface area contributed by atoms with Gasteiger partial charge in [0.15, 0.2) is 5.65 Å². The molecule has 5 nitrogen and oxygen atoms in total. The summed E-state index contributed by atoms with van der Waals surface area (Å²) in [6.45, 7) is 8.25. The molecule has 0 aliphatic heterocycles. The molecule has 3 rings (SSSR count). The van der Waals surface area contributed by atoms with Crippen molar-refractivity contribution in [2.45, 2.75) is 52.0 Å².